The molecule has 9 nitrogen and oxygen atoms in total. The average Bonchev–Trinajstić information content (AvgIpc) is 2.98. The van der Waals surface area contributed by atoms with E-state index < -0.39 is 0 Å². The number of aromatic amines is 2. The van der Waals surface area contributed by atoms with Crippen LogP contribution in [-0.4, -0.2) is 44.3 Å². The van der Waals surface area contributed by atoms with Crippen molar-refractivity contribution in [3.63, 3.8) is 0 Å². The van der Waals surface area contributed by atoms with Gasteiger partial charge in [0.25, 0.3) is 0 Å². The summed E-state index contributed by atoms with van der Waals surface area (Å²) in [6.07, 6.45) is 1.86. The zero-order valence-electron chi connectivity index (χ0n) is 13.6. The highest BCUT2D eigenvalue weighted by atomic mass is 35.5. The fourth-order valence-electron chi connectivity index (χ4n) is 2.95. The van der Waals surface area contributed by atoms with Crippen LogP contribution in [0, 0.1) is 6.92 Å². The monoisotopic (exact) mass is 352 g/mol. The minimum Gasteiger partial charge on any atom is -0.368 e. The maximum Gasteiger partial charge on any atom is 0.340 e. The van der Waals surface area contributed by atoms with Crippen LogP contribution in [0.3, 0.4) is 0 Å². The Balaban J connectivity index is 1.61. The van der Waals surface area contributed by atoms with Gasteiger partial charge in [-0.2, -0.15) is 10.1 Å². The fraction of sp³-hybridized carbons (Fsp3) is 0.571. The Morgan fingerprint density at radius 3 is 2.71 bits per heavy atom. The van der Waals surface area contributed by atoms with Crippen molar-refractivity contribution in [1.29, 1.82) is 0 Å². The van der Waals surface area contributed by atoms with Crippen LogP contribution >= 0.6 is 11.6 Å². The van der Waals surface area contributed by atoms with E-state index in [1.165, 1.54) is 0 Å². The summed E-state index contributed by atoms with van der Waals surface area (Å²) in [4.78, 5) is 24.3. The molecule has 1 aliphatic rings. The molecule has 10 heteroatoms. The van der Waals surface area contributed by atoms with Crippen LogP contribution < -0.4 is 21.6 Å². The van der Waals surface area contributed by atoms with Crippen LogP contribution in [-0.2, 0) is 0 Å². The van der Waals surface area contributed by atoms with Crippen LogP contribution in [0.15, 0.2) is 4.79 Å². The number of rotatable bonds is 4. The van der Waals surface area contributed by atoms with Gasteiger partial charge in [-0.15, -0.1) is 0 Å². The first kappa shape index (κ1) is 16.7. The molecule has 0 radical (unpaired) electrons. The molecule has 3 heterocycles. The van der Waals surface area contributed by atoms with Gasteiger partial charge in [-0.1, -0.05) is 11.6 Å². The van der Waals surface area contributed by atoms with Gasteiger partial charge >= 0.3 is 5.69 Å². The molecule has 0 amide bonds. The highest BCUT2D eigenvalue weighted by Crippen LogP contribution is 2.29. The largest absolute Gasteiger partial charge is 0.368 e. The van der Waals surface area contributed by atoms with E-state index in [9.17, 15) is 4.79 Å². The summed E-state index contributed by atoms with van der Waals surface area (Å²) in [6, 6.07) is 0.302. The number of anilines is 2. The van der Waals surface area contributed by atoms with Crippen LogP contribution in [0.5, 0.6) is 0 Å². The molecular weight excluding hydrogens is 332 g/mol. The molecule has 2 aromatic rings. The zero-order chi connectivity index (χ0) is 17.3. The minimum atomic E-state index is -0.292. The Labute approximate surface area is 144 Å². The molecule has 130 valence electrons. The van der Waals surface area contributed by atoms with E-state index in [1.54, 1.807) is 0 Å². The minimum absolute atomic E-state index is 0.0268. The van der Waals surface area contributed by atoms with Crippen molar-refractivity contribution in [3.8, 4) is 0 Å². The molecule has 1 fully saturated rings. The molecule has 1 atom stereocenters. The second-order valence-corrected chi connectivity index (χ2v) is 6.40. The van der Waals surface area contributed by atoms with Crippen molar-refractivity contribution in [2.45, 2.75) is 38.8 Å². The molecule has 0 unspecified atom stereocenters. The molecule has 1 aliphatic heterocycles. The molecule has 3 rings (SSSR count). The summed E-state index contributed by atoms with van der Waals surface area (Å²) in [5.74, 6) is 1.55. The van der Waals surface area contributed by atoms with E-state index in [0.717, 1.165) is 25.9 Å². The first-order valence-corrected chi connectivity index (χ1v) is 8.27. The lowest BCUT2D eigenvalue weighted by Gasteiger charge is -2.34. The standard InChI is InChI=1S/C14H21ClN8O/c1-7-10(15)12(20-13(16)18-7)23-5-3-9(4-6-23)17-8(2)11-19-14(24)22-21-11/h8-9,17H,3-6H2,1-2H3,(H2,16,18,20)(H2,19,21,22,24)/t8-/m1/s1. The maximum absolute atomic E-state index is 11.1. The number of nitrogen functional groups attached to an aromatic ring is 1. The van der Waals surface area contributed by atoms with Gasteiger partial charge in [0, 0.05) is 19.1 Å². The summed E-state index contributed by atoms with van der Waals surface area (Å²) in [5.41, 5.74) is 6.13. The number of nitrogens with zero attached hydrogens (tertiary/aromatic N) is 4. The normalized spacial score (nSPS) is 17.2. The Morgan fingerprint density at radius 2 is 2.08 bits per heavy atom. The number of aromatic nitrogens is 5. The topological polar surface area (TPSA) is 129 Å². The predicted molar refractivity (Wildman–Crippen MR) is 92.2 cm³/mol. The average molecular weight is 353 g/mol. The van der Waals surface area contributed by atoms with E-state index >= 15 is 0 Å². The van der Waals surface area contributed by atoms with E-state index in [1.807, 2.05) is 13.8 Å². The predicted octanol–water partition coefficient (Wildman–Crippen LogP) is 0.752. The van der Waals surface area contributed by atoms with E-state index in [-0.39, 0.29) is 17.7 Å². The third kappa shape index (κ3) is 3.51. The fourth-order valence-corrected chi connectivity index (χ4v) is 3.16. The lowest BCUT2D eigenvalue weighted by Crippen LogP contribution is -2.44. The molecule has 24 heavy (non-hydrogen) atoms. The number of piperidine rings is 1. The van der Waals surface area contributed by atoms with Crippen molar-refractivity contribution < 1.29 is 0 Å². The van der Waals surface area contributed by atoms with Gasteiger partial charge in [0.05, 0.1) is 11.7 Å². The van der Waals surface area contributed by atoms with Gasteiger partial charge in [0.1, 0.15) is 10.8 Å². The SMILES string of the molecule is Cc1nc(N)nc(N2CCC(N[C@H](C)c3n[nH]c(=O)[nH]3)CC2)c1Cl. The van der Waals surface area contributed by atoms with Crippen molar-refractivity contribution in [3.05, 3.63) is 27.0 Å². The third-order valence-corrected chi connectivity index (χ3v) is 4.67. The first-order chi connectivity index (χ1) is 11.4. The summed E-state index contributed by atoms with van der Waals surface area (Å²) in [6.45, 7) is 5.43. The quantitative estimate of drug-likeness (QED) is 0.639. The van der Waals surface area contributed by atoms with Gasteiger partial charge in [-0.3, -0.25) is 4.98 Å². The first-order valence-electron chi connectivity index (χ1n) is 7.89. The molecule has 2 aromatic heterocycles. The molecule has 5 N–H and O–H groups in total. The van der Waals surface area contributed by atoms with Crippen molar-refractivity contribution in [2.75, 3.05) is 23.7 Å². The van der Waals surface area contributed by atoms with E-state index in [0.29, 0.717) is 28.4 Å². The van der Waals surface area contributed by atoms with Crippen molar-refractivity contribution in [2.24, 2.45) is 0 Å². The smallest absolute Gasteiger partial charge is 0.340 e. The molecule has 0 bridgehead atoms. The number of hydrogen-bond acceptors (Lipinski definition) is 7. The lowest BCUT2D eigenvalue weighted by atomic mass is 10.0. The number of H-pyrrole nitrogens is 2. The number of aryl methyl sites for hydroxylation is 1. The molecule has 0 spiro atoms. The van der Waals surface area contributed by atoms with Crippen molar-refractivity contribution >= 4 is 23.4 Å². The second kappa shape index (κ2) is 6.78. The Morgan fingerprint density at radius 1 is 1.38 bits per heavy atom. The van der Waals surface area contributed by atoms with Gasteiger partial charge < -0.3 is 16.0 Å². The van der Waals surface area contributed by atoms with Crippen LogP contribution in [0.25, 0.3) is 0 Å². The summed E-state index contributed by atoms with van der Waals surface area (Å²) in [5, 5.41) is 10.4. The van der Waals surface area contributed by atoms with Gasteiger partial charge in [0.2, 0.25) is 5.95 Å². The Kier molecular flexibility index (Phi) is 4.72. The molecule has 1 saturated heterocycles. The second-order valence-electron chi connectivity index (χ2n) is 6.02. The lowest BCUT2D eigenvalue weighted by molar-refractivity contribution is 0.373. The zero-order valence-corrected chi connectivity index (χ0v) is 14.4. The summed E-state index contributed by atoms with van der Waals surface area (Å²) in [7, 11) is 0. The molecule has 0 aromatic carbocycles. The van der Waals surface area contributed by atoms with Gasteiger partial charge in [-0.05, 0) is 26.7 Å². The van der Waals surface area contributed by atoms with Crippen LogP contribution in [0.4, 0.5) is 11.8 Å². The third-order valence-electron chi connectivity index (χ3n) is 4.23. The number of halogens is 1. The van der Waals surface area contributed by atoms with E-state index in [4.69, 9.17) is 17.3 Å². The maximum atomic E-state index is 11.1. The molecular formula is C14H21ClN8O. The molecule has 0 saturated carbocycles. The highest BCUT2D eigenvalue weighted by Gasteiger charge is 2.24. The Bertz CT molecular complexity index is 764. The van der Waals surface area contributed by atoms with E-state index in [2.05, 4.69) is 35.4 Å². The van der Waals surface area contributed by atoms with Crippen molar-refractivity contribution in [1.82, 2.24) is 30.5 Å². The number of nitrogens with two attached hydrogens (primary N) is 1. The summed E-state index contributed by atoms with van der Waals surface area (Å²) < 4.78 is 0. The highest BCUT2D eigenvalue weighted by molar-refractivity contribution is 6.33. The summed E-state index contributed by atoms with van der Waals surface area (Å²) >= 11 is 6.32. The van der Waals surface area contributed by atoms with Crippen LogP contribution in [0.2, 0.25) is 5.02 Å². The van der Waals surface area contributed by atoms with Crippen LogP contribution in [0.1, 0.15) is 37.3 Å². The number of nitrogens with one attached hydrogen (secondary N) is 3. The Hall–Kier alpha value is -2.13. The number of hydrogen-bond donors (Lipinski definition) is 4. The molecule has 0 aliphatic carbocycles. The van der Waals surface area contributed by atoms with Gasteiger partial charge in [-0.25, -0.2) is 14.9 Å². The van der Waals surface area contributed by atoms with Gasteiger partial charge in [0.15, 0.2) is 5.82 Å².